The van der Waals surface area contributed by atoms with Crippen molar-refractivity contribution < 1.29 is 19.1 Å². The Kier molecular flexibility index (Phi) is 19.2. The Labute approximate surface area is 192 Å². The van der Waals surface area contributed by atoms with E-state index in [1.165, 1.54) is 25.7 Å². The molecule has 0 aromatic heterocycles. The molecule has 1 unspecified atom stereocenters. The van der Waals surface area contributed by atoms with Crippen molar-refractivity contribution in [3.63, 3.8) is 0 Å². The molecule has 0 heterocycles. The predicted molar refractivity (Wildman–Crippen MR) is 133 cm³/mol. The van der Waals surface area contributed by atoms with E-state index in [0.29, 0.717) is 17.6 Å². The number of allylic oxidation sites excluding steroid dienone is 8. The summed E-state index contributed by atoms with van der Waals surface area (Å²) in [6.07, 6.45) is 29.0. The predicted octanol–water partition coefficient (Wildman–Crippen LogP) is 6.70. The van der Waals surface area contributed by atoms with E-state index in [9.17, 15) is 4.79 Å². The molecular weight excluding hydrogens is 386 g/mol. The van der Waals surface area contributed by atoms with Gasteiger partial charge in [-0.1, -0.05) is 68.4 Å². The van der Waals surface area contributed by atoms with Crippen LogP contribution in [0.4, 0.5) is 0 Å². The average Bonchev–Trinajstić information content (AvgIpc) is 2.68. The number of ether oxygens (including phenoxy) is 1. The van der Waals surface area contributed by atoms with Gasteiger partial charge in [-0.25, -0.2) is 0 Å². The molecule has 178 valence electrons. The molecule has 1 N–H and O–H groups in total. The van der Waals surface area contributed by atoms with E-state index in [0.717, 1.165) is 38.5 Å². The van der Waals surface area contributed by atoms with E-state index >= 15 is 0 Å². The van der Waals surface area contributed by atoms with Gasteiger partial charge in [0.2, 0.25) is 0 Å². The number of rotatable bonds is 20. The lowest BCUT2D eigenvalue weighted by Gasteiger charge is -2.28. The normalized spacial score (nSPS) is 13.9. The summed E-state index contributed by atoms with van der Waals surface area (Å²) in [5.74, 6) is -0.792. The lowest BCUT2D eigenvalue weighted by molar-refractivity contribution is -0.873. The molecule has 0 aromatic rings. The highest BCUT2D eigenvalue weighted by Gasteiger charge is 2.21. The molecule has 4 nitrogen and oxygen atoms in total. The van der Waals surface area contributed by atoms with Crippen LogP contribution in [0.3, 0.4) is 0 Å². The van der Waals surface area contributed by atoms with E-state index < -0.39 is 5.97 Å². The van der Waals surface area contributed by atoms with Gasteiger partial charge in [-0.15, -0.1) is 0 Å². The number of aliphatic carboxylic acids is 1. The molecule has 0 amide bonds. The largest absolute Gasteiger partial charge is 0.481 e. The van der Waals surface area contributed by atoms with Crippen LogP contribution in [0.5, 0.6) is 0 Å². The topological polar surface area (TPSA) is 46.5 Å². The minimum atomic E-state index is -0.792. The first-order chi connectivity index (χ1) is 14.8. The molecule has 0 fully saturated rings. The van der Waals surface area contributed by atoms with Crippen molar-refractivity contribution in [2.24, 2.45) is 0 Å². The molecule has 0 aliphatic rings. The van der Waals surface area contributed by atoms with Gasteiger partial charge in [0.05, 0.1) is 27.6 Å². The summed E-state index contributed by atoms with van der Waals surface area (Å²) < 4.78 is 6.52. The number of carboxylic acid groups (broad SMARTS) is 1. The Morgan fingerprint density at radius 1 is 0.806 bits per heavy atom. The molecule has 0 rings (SSSR count). The first kappa shape index (κ1) is 29.4. The molecular formula is C27H48NO3+. The van der Waals surface area contributed by atoms with Crippen LogP contribution in [0, 0.1) is 0 Å². The summed E-state index contributed by atoms with van der Waals surface area (Å²) in [4.78, 5) is 11.0. The van der Waals surface area contributed by atoms with Crippen molar-refractivity contribution in [2.45, 2.75) is 83.7 Å². The van der Waals surface area contributed by atoms with Crippen LogP contribution in [0.1, 0.15) is 77.6 Å². The zero-order chi connectivity index (χ0) is 23.2. The van der Waals surface area contributed by atoms with Gasteiger partial charge in [-0.05, 0) is 51.4 Å². The van der Waals surface area contributed by atoms with Crippen molar-refractivity contribution in [2.75, 3.05) is 34.3 Å². The second kappa shape index (κ2) is 20.3. The fraction of sp³-hybridized carbons (Fsp3) is 0.667. The second-order valence-electron chi connectivity index (χ2n) is 9.15. The summed E-state index contributed by atoms with van der Waals surface area (Å²) in [5, 5.41) is 9.03. The number of hydrogen-bond acceptors (Lipinski definition) is 2. The van der Waals surface area contributed by atoms with Gasteiger partial charge in [0, 0.05) is 6.61 Å². The summed E-state index contributed by atoms with van der Waals surface area (Å²) in [5.41, 5.74) is 0. The van der Waals surface area contributed by atoms with Crippen LogP contribution in [-0.2, 0) is 9.53 Å². The van der Waals surface area contributed by atoms with Crippen molar-refractivity contribution in [1.82, 2.24) is 0 Å². The number of quaternary nitrogens is 1. The fourth-order valence-electron chi connectivity index (χ4n) is 3.16. The maximum Gasteiger partial charge on any atom is 0.306 e. The first-order valence-corrected chi connectivity index (χ1v) is 12.1. The quantitative estimate of drug-likeness (QED) is 0.132. The lowest BCUT2D eigenvalue weighted by atomic mass is 10.2. The van der Waals surface area contributed by atoms with Gasteiger partial charge in [-0.3, -0.25) is 4.79 Å². The van der Waals surface area contributed by atoms with Gasteiger partial charge < -0.3 is 14.3 Å². The minimum absolute atomic E-state index is 0.0761. The van der Waals surface area contributed by atoms with E-state index in [-0.39, 0.29) is 12.5 Å². The van der Waals surface area contributed by atoms with Gasteiger partial charge in [0.1, 0.15) is 12.6 Å². The minimum Gasteiger partial charge on any atom is -0.481 e. The average molecular weight is 435 g/mol. The Balaban J connectivity index is 3.69. The zero-order valence-corrected chi connectivity index (χ0v) is 20.6. The van der Waals surface area contributed by atoms with Crippen molar-refractivity contribution in [1.29, 1.82) is 0 Å². The number of carboxylic acids is 1. The molecule has 0 aliphatic carbocycles. The maximum absolute atomic E-state index is 11.0. The summed E-state index contributed by atoms with van der Waals surface area (Å²) in [7, 11) is 6.17. The lowest BCUT2D eigenvalue weighted by Crippen LogP contribution is -2.43. The van der Waals surface area contributed by atoms with Crippen LogP contribution in [0.15, 0.2) is 48.6 Å². The molecule has 0 spiro atoms. The number of hydrogen-bond donors (Lipinski definition) is 1. The molecule has 0 saturated carbocycles. The Morgan fingerprint density at radius 2 is 1.29 bits per heavy atom. The summed E-state index contributed by atoms with van der Waals surface area (Å²) in [6, 6.07) is 0. The first-order valence-electron chi connectivity index (χ1n) is 12.1. The number of carbonyl (C=O) groups is 1. The zero-order valence-electron chi connectivity index (χ0n) is 20.6. The van der Waals surface area contributed by atoms with Crippen molar-refractivity contribution >= 4 is 5.97 Å². The molecule has 0 radical (unpaired) electrons. The van der Waals surface area contributed by atoms with Crippen LogP contribution in [-0.4, -0.2) is 56.0 Å². The SMILES string of the molecule is CCCCCC=CCC=CCC=CCC=CCCCCOC(CC(=O)O)C[N+](C)(C)C. The highest BCUT2D eigenvalue weighted by atomic mass is 16.5. The fourth-order valence-corrected chi connectivity index (χ4v) is 3.16. The molecule has 0 saturated heterocycles. The molecule has 0 bridgehead atoms. The molecule has 0 aliphatic heterocycles. The standard InChI is InChI=1S/C27H47NO3/c1-5-6-7-8-9-10-11-12-13-14-15-16-17-18-19-20-21-22-23-31-26(24-27(29)30)25-28(2,3)4/h9-10,12-13,15-16,18-19,26H,5-8,11,14,17,20-25H2,1-4H3/p+1. The number of unbranched alkanes of at least 4 members (excludes halogenated alkanes) is 5. The van der Waals surface area contributed by atoms with E-state index in [2.05, 4.69) is 76.7 Å². The molecule has 0 aromatic carbocycles. The maximum atomic E-state index is 11.0. The van der Waals surface area contributed by atoms with E-state index in [1.807, 2.05) is 0 Å². The molecule has 1 atom stereocenters. The Bertz CT molecular complexity index is 541. The van der Waals surface area contributed by atoms with Gasteiger partial charge in [0.15, 0.2) is 0 Å². The van der Waals surface area contributed by atoms with Gasteiger partial charge in [-0.2, -0.15) is 0 Å². The van der Waals surface area contributed by atoms with Crippen molar-refractivity contribution in [3.05, 3.63) is 48.6 Å². The van der Waals surface area contributed by atoms with Crippen LogP contribution < -0.4 is 0 Å². The monoisotopic (exact) mass is 434 g/mol. The number of likely N-dealkylation sites (N-methyl/N-ethyl adjacent to an activating group) is 1. The Hall–Kier alpha value is -1.65. The smallest absolute Gasteiger partial charge is 0.306 e. The van der Waals surface area contributed by atoms with E-state index in [1.54, 1.807) is 0 Å². The third-order valence-corrected chi connectivity index (χ3v) is 4.73. The van der Waals surface area contributed by atoms with E-state index in [4.69, 9.17) is 9.84 Å². The summed E-state index contributed by atoms with van der Waals surface area (Å²) in [6.45, 7) is 3.58. The second-order valence-corrected chi connectivity index (χ2v) is 9.15. The highest BCUT2D eigenvalue weighted by molar-refractivity contribution is 5.67. The van der Waals surface area contributed by atoms with Crippen LogP contribution in [0.2, 0.25) is 0 Å². The van der Waals surface area contributed by atoms with Crippen LogP contribution in [0.25, 0.3) is 0 Å². The van der Waals surface area contributed by atoms with Gasteiger partial charge >= 0.3 is 5.97 Å². The Morgan fingerprint density at radius 3 is 1.74 bits per heavy atom. The molecule has 4 heteroatoms. The van der Waals surface area contributed by atoms with Crippen LogP contribution >= 0.6 is 0 Å². The summed E-state index contributed by atoms with van der Waals surface area (Å²) >= 11 is 0. The van der Waals surface area contributed by atoms with Crippen molar-refractivity contribution in [3.8, 4) is 0 Å². The van der Waals surface area contributed by atoms with Gasteiger partial charge in [0.25, 0.3) is 0 Å². The molecule has 31 heavy (non-hydrogen) atoms. The number of nitrogens with zero attached hydrogens (tertiary/aromatic N) is 1. The third kappa shape index (κ3) is 24.5. The highest BCUT2D eigenvalue weighted by Crippen LogP contribution is 2.07. The third-order valence-electron chi connectivity index (χ3n) is 4.73.